The lowest BCUT2D eigenvalue weighted by atomic mass is 10.1. The van der Waals surface area contributed by atoms with Gasteiger partial charge in [-0.25, -0.2) is 9.18 Å². The number of hydrogen-bond acceptors (Lipinski definition) is 3. The van der Waals surface area contributed by atoms with E-state index in [4.69, 9.17) is 5.11 Å². The van der Waals surface area contributed by atoms with Crippen molar-refractivity contribution in [3.05, 3.63) is 29.6 Å². The van der Waals surface area contributed by atoms with Gasteiger partial charge in [0.25, 0.3) is 0 Å². The summed E-state index contributed by atoms with van der Waals surface area (Å²) in [6, 6.07) is 5.13. The molecule has 2 aliphatic rings. The van der Waals surface area contributed by atoms with Crippen molar-refractivity contribution in [2.45, 2.75) is 31.3 Å². The molecule has 1 aromatic carbocycles. The summed E-state index contributed by atoms with van der Waals surface area (Å²) in [4.78, 5) is 13.2. The Bertz CT molecular complexity index is 506. The largest absolute Gasteiger partial charge is 0.478 e. The van der Waals surface area contributed by atoms with Crippen molar-refractivity contribution in [1.29, 1.82) is 0 Å². The summed E-state index contributed by atoms with van der Waals surface area (Å²) in [5.41, 5.74) is 0.390. The Balaban J connectivity index is 1.73. The van der Waals surface area contributed by atoms with E-state index in [1.165, 1.54) is 25.0 Å². The minimum atomic E-state index is -1.23. The molecule has 2 fully saturated rings. The number of hydrogen-bond donors (Lipinski definition) is 2. The molecule has 5 heteroatoms. The lowest BCUT2D eigenvalue weighted by Crippen LogP contribution is -2.33. The zero-order chi connectivity index (χ0) is 13.4. The Labute approximate surface area is 111 Å². The predicted octanol–water partition coefficient (Wildman–Crippen LogP) is 2.17. The Morgan fingerprint density at radius 1 is 1.37 bits per heavy atom. The predicted molar refractivity (Wildman–Crippen MR) is 70.0 cm³/mol. The molecule has 0 amide bonds. The Hall–Kier alpha value is -1.62. The fourth-order valence-corrected chi connectivity index (χ4v) is 3.24. The molecular formula is C14H17FN2O2. The second kappa shape index (κ2) is 4.81. The maximum Gasteiger partial charge on any atom is 0.338 e. The van der Waals surface area contributed by atoms with Crippen molar-refractivity contribution in [2.75, 3.05) is 18.4 Å². The molecule has 3 rings (SSSR count). The molecule has 0 bridgehead atoms. The van der Waals surface area contributed by atoms with E-state index in [-0.39, 0.29) is 5.56 Å². The lowest BCUT2D eigenvalue weighted by Gasteiger charge is -2.22. The smallest absolute Gasteiger partial charge is 0.338 e. The summed E-state index contributed by atoms with van der Waals surface area (Å²) in [6.07, 6.45) is 3.48. The monoisotopic (exact) mass is 264 g/mol. The van der Waals surface area contributed by atoms with Gasteiger partial charge in [-0.15, -0.1) is 0 Å². The van der Waals surface area contributed by atoms with Crippen molar-refractivity contribution in [2.24, 2.45) is 0 Å². The normalized spacial score (nSPS) is 26.4. The first-order chi connectivity index (χ1) is 9.15. The van der Waals surface area contributed by atoms with E-state index in [2.05, 4.69) is 10.2 Å². The van der Waals surface area contributed by atoms with E-state index in [1.807, 2.05) is 0 Å². The van der Waals surface area contributed by atoms with Gasteiger partial charge in [0.05, 0.1) is 5.56 Å². The van der Waals surface area contributed by atoms with Gasteiger partial charge < -0.3 is 10.4 Å². The molecular weight excluding hydrogens is 247 g/mol. The van der Waals surface area contributed by atoms with Gasteiger partial charge in [-0.05, 0) is 44.0 Å². The van der Waals surface area contributed by atoms with E-state index in [0.717, 1.165) is 19.5 Å². The van der Waals surface area contributed by atoms with Gasteiger partial charge in [0.15, 0.2) is 0 Å². The summed E-state index contributed by atoms with van der Waals surface area (Å²) < 4.78 is 13.6. The minimum absolute atomic E-state index is 0.278. The van der Waals surface area contributed by atoms with Crippen molar-refractivity contribution in [3.63, 3.8) is 0 Å². The van der Waals surface area contributed by atoms with Gasteiger partial charge in [-0.1, -0.05) is 0 Å². The summed E-state index contributed by atoms with van der Waals surface area (Å²) >= 11 is 0. The van der Waals surface area contributed by atoms with Crippen molar-refractivity contribution in [1.82, 2.24) is 4.90 Å². The number of nitrogens with one attached hydrogen (secondary N) is 1. The number of aromatic carboxylic acids is 1. The van der Waals surface area contributed by atoms with Crippen LogP contribution in [0.1, 0.15) is 29.6 Å². The molecule has 102 valence electrons. The summed E-state index contributed by atoms with van der Waals surface area (Å²) in [5.74, 6) is -1.91. The average molecular weight is 264 g/mol. The molecule has 0 radical (unpaired) electrons. The van der Waals surface area contributed by atoms with E-state index in [1.54, 1.807) is 6.07 Å². The van der Waals surface area contributed by atoms with Gasteiger partial charge in [-0.3, -0.25) is 4.90 Å². The SMILES string of the molecule is O=C(O)c1ccc(NC2CCN3CCCC23)cc1F. The molecule has 0 saturated carbocycles. The number of fused-ring (bicyclic) bond motifs is 1. The molecule has 0 aliphatic carbocycles. The van der Waals surface area contributed by atoms with Crippen LogP contribution in [0, 0.1) is 5.82 Å². The maximum absolute atomic E-state index is 13.6. The van der Waals surface area contributed by atoms with Gasteiger partial charge in [-0.2, -0.15) is 0 Å². The number of benzene rings is 1. The van der Waals surface area contributed by atoms with Crippen LogP contribution in [0.15, 0.2) is 18.2 Å². The first-order valence-corrected chi connectivity index (χ1v) is 6.68. The highest BCUT2D eigenvalue weighted by Crippen LogP contribution is 2.30. The second-order valence-corrected chi connectivity index (χ2v) is 5.28. The lowest BCUT2D eigenvalue weighted by molar-refractivity contribution is 0.0692. The Kier molecular flexibility index (Phi) is 3.14. The molecule has 0 aromatic heterocycles. The second-order valence-electron chi connectivity index (χ2n) is 5.28. The number of nitrogens with zero attached hydrogens (tertiary/aromatic N) is 1. The molecule has 2 heterocycles. The molecule has 19 heavy (non-hydrogen) atoms. The third kappa shape index (κ3) is 2.30. The van der Waals surface area contributed by atoms with Gasteiger partial charge in [0, 0.05) is 24.3 Å². The molecule has 0 spiro atoms. The average Bonchev–Trinajstić information content (AvgIpc) is 2.94. The number of carbonyl (C=O) groups is 1. The van der Waals surface area contributed by atoms with Crippen LogP contribution in [-0.4, -0.2) is 41.1 Å². The highest BCUT2D eigenvalue weighted by atomic mass is 19.1. The van der Waals surface area contributed by atoms with Crippen LogP contribution in [0.25, 0.3) is 0 Å². The fraction of sp³-hybridized carbons (Fsp3) is 0.500. The van der Waals surface area contributed by atoms with E-state index in [9.17, 15) is 9.18 Å². The third-order valence-corrected chi connectivity index (χ3v) is 4.16. The van der Waals surface area contributed by atoms with E-state index in [0.29, 0.717) is 17.8 Å². The maximum atomic E-state index is 13.6. The third-order valence-electron chi connectivity index (χ3n) is 4.16. The Morgan fingerprint density at radius 3 is 2.95 bits per heavy atom. The quantitative estimate of drug-likeness (QED) is 0.878. The first kappa shape index (κ1) is 12.4. The highest BCUT2D eigenvalue weighted by Gasteiger charge is 2.36. The molecule has 2 atom stereocenters. The molecule has 4 nitrogen and oxygen atoms in total. The van der Waals surface area contributed by atoms with Crippen LogP contribution in [0.4, 0.5) is 10.1 Å². The van der Waals surface area contributed by atoms with Gasteiger partial charge in [0.1, 0.15) is 5.82 Å². The fourth-order valence-electron chi connectivity index (χ4n) is 3.24. The topological polar surface area (TPSA) is 52.6 Å². The summed E-state index contributed by atoms with van der Waals surface area (Å²) in [6.45, 7) is 2.26. The zero-order valence-electron chi connectivity index (χ0n) is 10.6. The van der Waals surface area contributed by atoms with Crippen LogP contribution in [0.2, 0.25) is 0 Å². The summed E-state index contributed by atoms with van der Waals surface area (Å²) in [5, 5.41) is 12.1. The minimum Gasteiger partial charge on any atom is -0.478 e. The van der Waals surface area contributed by atoms with Crippen molar-refractivity contribution in [3.8, 4) is 0 Å². The van der Waals surface area contributed by atoms with Crippen LogP contribution in [-0.2, 0) is 0 Å². The number of anilines is 1. The summed E-state index contributed by atoms with van der Waals surface area (Å²) in [7, 11) is 0. The molecule has 1 aromatic rings. The van der Waals surface area contributed by atoms with Gasteiger partial charge in [0.2, 0.25) is 0 Å². The molecule has 2 N–H and O–H groups in total. The van der Waals surface area contributed by atoms with Crippen LogP contribution in [0.5, 0.6) is 0 Å². The van der Waals surface area contributed by atoms with Crippen molar-refractivity contribution < 1.29 is 14.3 Å². The van der Waals surface area contributed by atoms with Crippen LogP contribution >= 0.6 is 0 Å². The number of carboxylic acid groups (broad SMARTS) is 1. The van der Waals surface area contributed by atoms with Gasteiger partial charge >= 0.3 is 5.97 Å². The Morgan fingerprint density at radius 2 is 2.21 bits per heavy atom. The van der Waals surface area contributed by atoms with Crippen LogP contribution in [0.3, 0.4) is 0 Å². The zero-order valence-corrected chi connectivity index (χ0v) is 10.6. The van der Waals surface area contributed by atoms with E-state index >= 15 is 0 Å². The molecule has 2 aliphatic heterocycles. The van der Waals surface area contributed by atoms with E-state index < -0.39 is 11.8 Å². The number of halogens is 1. The number of rotatable bonds is 3. The standard InChI is InChI=1S/C14H17FN2O2/c15-11-8-9(3-4-10(11)14(18)19)16-12-5-7-17-6-1-2-13(12)17/h3-4,8,12-13,16H,1-2,5-7H2,(H,18,19). The molecule has 2 unspecified atom stereocenters. The number of carboxylic acids is 1. The van der Waals surface area contributed by atoms with Crippen molar-refractivity contribution >= 4 is 11.7 Å². The first-order valence-electron chi connectivity index (χ1n) is 6.68. The van der Waals surface area contributed by atoms with Crippen LogP contribution < -0.4 is 5.32 Å². The highest BCUT2D eigenvalue weighted by molar-refractivity contribution is 5.88. The molecule has 2 saturated heterocycles.